The second-order valence-corrected chi connectivity index (χ2v) is 9.49. The number of aryl methyl sites for hydroxylation is 1. The molecule has 0 unspecified atom stereocenters. The smallest absolute Gasteiger partial charge is 0.276 e. The lowest BCUT2D eigenvalue weighted by molar-refractivity contribution is 0.0985. The Morgan fingerprint density at radius 1 is 1.00 bits per heavy atom. The molecule has 1 aliphatic heterocycles. The van der Waals surface area contributed by atoms with Crippen LogP contribution >= 0.6 is 15.9 Å². The molecule has 10 nitrogen and oxygen atoms in total. The molecule has 1 aliphatic rings. The molecule has 2 aromatic carbocycles. The lowest BCUT2D eigenvalue weighted by atomic mass is 10.2. The highest BCUT2D eigenvalue weighted by Crippen LogP contribution is 2.24. The van der Waals surface area contributed by atoms with Crippen molar-refractivity contribution in [3.8, 4) is 0 Å². The highest BCUT2D eigenvalue weighted by Gasteiger charge is 2.22. The zero-order valence-electron chi connectivity index (χ0n) is 21.4. The lowest BCUT2D eigenvalue weighted by Crippen LogP contribution is -2.44. The van der Waals surface area contributed by atoms with Gasteiger partial charge in [0.15, 0.2) is 5.69 Å². The molecule has 1 saturated heterocycles. The minimum atomic E-state index is -0.517. The van der Waals surface area contributed by atoms with Gasteiger partial charge in [-0.25, -0.2) is 9.97 Å². The molecule has 4 aromatic rings. The number of nitrogens with one attached hydrogen (secondary N) is 4. The minimum Gasteiger partial charge on any atom is -0.369 e. The summed E-state index contributed by atoms with van der Waals surface area (Å²) in [7, 11) is 2.13. The number of rotatable bonds is 5. The van der Waals surface area contributed by atoms with Crippen LogP contribution in [0.25, 0.3) is 11.0 Å². The number of piperazine rings is 1. The summed E-state index contributed by atoms with van der Waals surface area (Å²) in [5.74, 6) is -0.708. The fraction of sp³-hybridized carbons (Fsp3) is 0.308. The van der Waals surface area contributed by atoms with E-state index in [-0.39, 0.29) is 11.4 Å². The van der Waals surface area contributed by atoms with Crippen molar-refractivity contribution in [1.82, 2.24) is 24.8 Å². The Morgan fingerprint density at radius 3 is 2.51 bits per heavy atom. The van der Waals surface area contributed by atoms with Crippen LogP contribution in [0.15, 0.2) is 47.2 Å². The summed E-state index contributed by atoms with van der Waals surface area (Å²) < 4.78 is 0.832. The number of fused-ring (bicyclic) bond motifs is 1. The van der Waals surface area contributed by atoms with Gasteiger partial charge in [-0.2, -0.15) is 0 Å². The first-order valence-corrected chi connectivity index (χ1v) is 13.0. The standard InChI is InChI=1S/C24H25BrN8O2.C2H6/c1-14-3-4-15(25)11-18(14)28-22(34)20-21(27-13-26-20)23(35)31-24-29-17-6-5-16(12-19(17)30-24)33-9-7-32(2)8-10-33;1-2/h3-6,11-13H,7-10H2,1-2H3,(H,26,27)(H,28,34)(H2,29,30,31,35);1-2H3. The average molecular weight is 567 g/mol. The first-order chi connectivity index (χ1) is 17.9. The molecule has 2 aromatic heterocycles. The summed E-state index contributed by atoms with van der Waals surface area (Å²) in [6.07, 6.45) is 1.32. The van der Waals surface area contributed by atoms with Gasteiger partial charge in [0.2, 0.25) is 5.95 Å². The maximum Gasteiger partial charge on any atom is 0.276 e. The molecule has 11 heteroatoms. The molecule has 0 radical (unpaired) electrons. The van der Waals surface area contributed by atoms with Gasteiger partial charge < -0.3 is 25.1 Å². The van der Waals surface area contributed by atoms with Crippen molar-refractivity contribution in [3.05, 3.63) is 64.1 Å². The monoisotopic (exact) mass is 566 g/mol. The van der Waals surface area contributed by atoms with Crippen LogP contribution in [-0.2, 0) is 0 Å². The summed E-state index contributed by atoms with van der Waals surface area (Å²) in [6.45, 7) is 9.84. The summed E-state index contributed by atoms with van der Waals surface area (Å²) in [4.78, 5) is 44.9. The Labute approximate surface area is 224 Å². The number of carbonyl (C=O) groups is 2. The number of carbonyl (C=O) groups excluding carboxylic acids is 2. The zero-order valence-corrected chi connectivity index (χ0v) is 22.9. The number of hydrogen-bond acceptors (Lipinski definition) is 6. The van der Waals surface area contributed by atoms with Crippen molar-refractivity contribution >= 4 is 56.1 Å². The first-order valence-electron chi connectivity index (χ1n) is 12.2. The summed E-state index contributed by atoms with van der Waals surface area (Å²) in [5.41, 5.74) is 4.25. The molecule has 0 aliphatic carbocycles. The predicted octanol–water partition coefficient (Wildman–Crippen LogP) is 4.64. The van der Waals surface area contributed by atoms with E-state index in [2.05, 4.69) is 63.3 Å². The van der Waals surface area contributed by atoms with Gasteiger partial charge in [0.25, 0.3) is 11.8 Å². The molecule has 1 fully saturated rings. The Kier molecular flexibility index (Phi) is 8.24. The van der Waals surface area contributed by atoms with Gasteiger partial charge in [-0.3, -0.25) is 14.9 Å². The second-order valence-electron chi connectivity index (χ2n) is 8.57. The number of aromatic nitrogens is 4. The van der Waals surface area contributed by atoms with Crippen molar-refractivity contribution in [3.63, 3.8) is 0 Å². The highest BCUT2D eigenvalue weighted by atomic mass is 79.9. The predicted molar refractivity (Wildman–Crippen MR) is 151 cm³/mol. The van der Waals surface area contributed by atoms with Gasteiger partial charge in [-0.15, -0.1) is 0 Å². The van der Waals surface area contributed by atoms with Crippen molar-refractivity contribution in [2.45, 2.75) is 20.8 Å². The molecular weight excluding hydrogens is 536 g/mol. The molecule has 4 N–H and O–H groups in total. The van der Waals surface area contributed by atoms with E-state index in [1.54, 1.807) is 6.07 Å². The number of H-pyrrole nitrogens is 2. The molecule has 0 saturated carbocycles. The van der Waals surface area contributed by atoms with Crippen LogP contribution in [0.4, 0.5) is 17.3 Å². The molecule has 0 atom stereocenters. The largest absolute Gasteiger partial charge is 0.369 e. The third-order valence-electron chi connectivity index (χ3n) is 6.10. The van der Waals surface area contributed by atoms with Crippen LogP contribution in [0.3, 0.4) is 0 Å². The second kappa shape index (κ2) is 11.6. The number of likely N-dealkylation sites (N-methyl/N-ethyl adjacent to an activating group) is 1. The number of amides is 2. The number of benzene rings is 2. The van der Waals surface area contributed by atoms with Crippen LogP contribution < -0.4 is 15.5 Å². The molecule has 0 bridgehead atoms. The first kappa shape index (κ1) is 26.4. The average Bonchev–Trinajstić information content (AvgIpc) is 3.54. The Bertz CT molecular complexity index is 1400. The molecule has 3 heterocycles. The van der Waals surface area contributed by atoms with Gasteiger partial charge >= 0.3 is 0 Å². The normalized spacial score (nSPS) is 13.7. The van der Waals surface area contributed by atoms with E-state index >= 15 is 0 Å². The number of halogens is 1. The summed E-state index contributed by atoms with van der Waals surface area (Å²) >= 11 is 3.40. The van der Waals surface area contributed by atoms with Crippen LogP contribution in [0.5, 0.6) is 0 Å². The quantitative estimate of drug-likeness (QED) is 0.279. The third-order valence-corrected chi connectivity index (χ3v) is 6.59. The van der Waals surface area contributed by atoms with Crippen molar-refractivity contribution < 1.29 is 9.59 Å². The van der Waals surface area contributed by atoms with Crippen molar-refractivity contribution in [2.75, 3.05) is 48.8 Å². The Hall–Kier alpha value is -3.70. The van der Waals surface area contributed by atoms with Crippen LogP contribution in [0, 0.1) is 6.92 Å². The van der Waals surface area contributed by atoms with Gasteiger partial charge in [-0.05, 0) is 49.9 Å². The van der Waals surface area contributed by atoms with E-state index < -0.39 is 11.8 Å². The van der Waals surface area contributed by atoms with E-state index in [9.17, 15) is 9.59 Å². The Balaban J connectivity index is 0.00000156. The summed E-state index contributed by atoms with van der Waals surface area (Å²) in [5, 5.41) is 5.55. The van der Waals surface area contributed by atoms with E-state index in [1.165, 1.54) is 6.33 Å². The zero-order chi connectivity index (χ0) is 26.5. The van der Waals surface area contributed by atoms with Crippen molar-refractivity contribution in [1.29, 1.82) is 0 Å². The maximum absolute atomic E-state index is 13.0. The van der Waals surface area contributed by atoms with Crippen molar-refractivity contribution in [2.24, 2.45) is 0 Å². The van der Waals surface area contributed by atoms with Gasteiger partial charge in [0.05, 0.1) is 17.4 Å². The van der Waals surface area contributed by atoms with Gasteiger partial charge in [0, 0.05) is 42.0 Å². The fourth-order valence-electron chi connectivity index (χ4n) is 4.04. The molecule has 5 rings (SSSR count). The molecule has 0 spiro atoms. The summed E-state index contributed by atoms with van der Waals surface area (Å²) in [6, 6.07) is 11.6. The lowest BCUT2D eigenvalue weighted by Gasteiger charge is -2.34. The minimum absolute atomic E-state index is 0.00432. The van der Waals surface area contributed by atoms with Crippen LogP contribution in [-0.4, -0.2) is 69.9 Å². The topological polar surface area (TPSA) is 122 Å². The van der Waals surface area contributed by atoms with Crippen LogP contribution in [0.2, 0.25) is 0 Å². The third kappa shape index (κ3) is 6.00. The van der Waals surface area contributed by atoms with Gasteiger partial charge in [0.1, 0.15) is 5.69 Å². The Morgan fingerprint density at radius 2 is 1.76 bits per heavy atom. The SMILES string of the molecule is CC.Cc1ccc(Br)cc1NC(=O)c1nc[nH]c1C(=O)Nc1nc2ccc(N3CCN(C)CC3)cc2[nH]1. The number of anilines is 3. The fourth-order valence-corrected chi connectivity index (χ4v) is 4.40. The van der Waals surface area contributed by atoms with E-state index in [4.69, 9.17) is 0 Å². The number of aromatic amines is 2. The number of hydrogen-bond donors (Lipinski definition) is 4. The molecule has 2 amide bonds. The van der Waals surface area contributed by atoms with E-state index in [0.717, 1.165) is 52.9 Å². The number of imidazole rings is 2. The molecule has 194 valence electrons. The maximum atomic E-state index is 13.0. The molecular formula is C26H31BrN8O2. The van der Waals surface area contributed by atoms with Crippen LogP contribution in [0.1, 0.15) is 40.4 Å². The van der Waals surface area contributed by atoms with E-state index in [1.807, 2.05) is 51.1 Å². The highest BCUT2D eigenvalue weighted by molar-refractivity contribution is 9.10. The van der Waals surface area contributed by atoms with E-state index in [0.29, 0.717) is 11.6 Å². The molecule has 37 heavy (non-hydrogen) atoms. The number of nitrogens with zero attached hydrogens (tertiary/aromatic N) is 4. The van der Waals surface area contributed by atoms with Gasteiger partial charge in [-0.1, -0.05) is 35.8 Å².